The lowest BCUT2D eigenvalue weighted by molar-refractivity contribution is -0.121. The summed E-state index contributed by atoms with van der Waals surface area (Å²) in [5.41, 5.74) is 3.43. The molecule has 0 N–H and O–H groups in total. The first kappa shape index (κ1) is 13.8. The van der Waals surface area contributed by atoms with Gasteiger partial charge in [-0.25, -0.2) is 0 Å². The molecular weight excluding hydrogens is 210 g/mol. The van der Waals surface area contributed by atoms with Gasteiger partial charge < -0.3 is 4.90 Å². The molecule has 1 unspecified atom stereocenters. The van der Waals surface area contributed by atoms with Crippen LogP contribution in [0.25, 0.3) is 0 Å². The van der Waals surface area contributed by atoms with E-state index in [1.165, 1.54) is 11.1 Å². The summed E-state index contributed by atoms with van der Waals surface area (Å²) < 4.78 is 0. The van der Waals surface area contributed by atoms with Gasteiger partial charge in [0.25, 0.3) is 0 Å². The molecule has 1 amide bonds. The van der Waals surface area contributed by atoms with Gasteiger partial charge in [-0.2, -0.15) is 0 Å². The molecule has 0 aromatic heterocycles. The summed E-state index contributed by atoms with van der Waals surface area (Å²) in [7, 11) is 0. The van der Waals surface area contributed by atoms with E-state index in [4.69, 9.17) is 0 Å². The van der Waals surface area contributed by atoms with Crippen LogP contribution in [-0.4, -0.2) is 12.5 Å². The predicted octanol–water partition coefficient (Wildman–Crippen LogP) is 3.70. The lowest BCUT2D eigenvalue weighted by atomic mass is 10.1. The third-order valence-electron chi connectivity index (χ3n) is 3.13. The third kappa shape index (κ3) is 3.32. The molecule has 0 radical (unpaired) electrons. The Kier molecular flexibility index (Phi) is 4.73. The minimum absolute atomic E-state index is 0.0933. The van der Waals surface area contributed by atoms with Crippen LogP contribution in [0.4, 0.5) is 5.69 Å². The molecule has 0 bridgehead atoms. The Morgan fingerprint density at radius 2 is 1.71 bits per heavy atom. The van der Waals surface area contributed by atoms with Crippen molar-refractivity contribution in [3.8, 4) is 0 Å². The van der Waals surface area contributed by atoms with Crippen molar-refractivity contribution in [2.75, 3.05) is 11.4 Å². The second-order valence-corrected chi connectivity index (χ2v) is 4.74. The summed E-state index contributed by atoms with van der Waals surface area (Å²) in [4.78, 5) is 14.1. The molecule has 94 valence electrons. The molecule has 0 fully saturated rings. The minimum atomic E-state index is 0.0933. The van der Waals surface area contributed by atoms with Crippen molar-refractivity contribution in [3.63, 3.8) is 0 Å². The first-order valence-corrected chi connectivity index (χ1v) is 6.39. The van der Waals surface area contributed by atoms with Crippen LogP contribution in [0.1, 0.15) is 38.3 Å². The first-order chi connectivity index (χ1) is 7.99. The van der Waals surface area contributed by atoms with Crippen molar-refractivity contribution in [1.82, 2.24) is 0 Å². The van der Waals surface area contributed by atoms with Crippen molar-refractivity contribution < 1.29 is 4.79 Å². The van der Waals surface area contributed by atoms with Gasteiger partial charge in [0.15, 0.2) is 0 Å². The Bertz CT molecular complexity index is 378. The summed E-state index contributed by atoms with van der Waals surface area (Å²) >= 11 is 0. The first-order valence-electron chi connectivity index (χ1n) is 6.39. The molecule has 0 saturated carbocycles. The van der Waals surface area contributed by atoms with E-state index >= 15 is 0 Å². The quantitative estimate of drug-likeness (QED) is 0.776. The second-order valence-electron chi connectivity index (χ2n) is 4.74. The van der Waals surface area contributed by atoms with Crippen molar-refractivity contribution in [2.45, 2.75) is 41.0 Å². The summed E-state index contributed by atoms with van der Waals surface area (Å²) in [5.74, 6) is 0.316. The summed E-state index contributed by atoms with van der Waals surface area (Å²) in [6, 6.07) is 6.29. The number of anilines is 1. The molecule has 1 aromatic rings. The number of aryl methyl sites for hydroxylation is 2. The Morgan fingerprint density at radius 1 is 1.18 bits per heavy atom. The van der Waals surface area contributed by atoms with Gasteiger partial charge in [-0.3, -0.25) is 4.79 Å². The smallest absolute Gasteiger partial charge is 0.229 e. The second kappa shape index (κ2) is 5.85. The fraction of sp³-hybridized carbons (Fsp3) is 0.533. The molecule has 0 aliphatic rings. The van der Waals surface area contributed by atoms with Crippen LogP contribution in [0.5, 0.6) is 0 Å². The molecule has 2 nitrogen and oxygen atoms in total. The standard InChI is InChI=1S/C15H23NO/c1-6-13(5)15(17)16(7-2)14-9-11(3)8-12(4)10-14/h8-10,13H,6-7H2,1-5H3. The number of benzene rings is 1. The van der Waals surface area contributed by atoms with Crippen molar-refractivity contribution in [1.29, 1.82) is 0 Å². The van der Waals surface area contributed by atoms with Crippen molar-refractivity contribution in [3.05, 3.63) is 29.3 Å². The lowest BCUT2D eigenvalue weighted by Gasteiger charge is -2.25. The van der Waals surface area contributed by atoms with Gasteiger partial charge in [0.1, 0.15) is 0 Å². The summed E-state index contributed by atoms with van der Waals surface area (Å²) in [5, 5.41) is 0. The number of amides is 1. The van der Waals surface area contributed by atoms with Gasteiger partial charge in [-0.15, -0.1) is 0 Å². The van der Waals surface area contributed by atoms with Gasteiger partial charge in [0.05, 0.1) is 0 Å². The van der Waals surface area contributed by atoms with E-state index in [0.29, 0.717) is 0 Å². The molecule has 0 aliphatic heterocycles. The Morgan fingerprint density at radius 3 is 2.12 bits per heavy atom. The largest absolute Gasteiger partial charge is 0.312 e. The van der Waals surface area contributed by atoms with Crippen molar-refractivity contribution in [2.24, 2.45) is 5.92 Å². The van der Waals surface area contributed by atoms with Gasteiger partial charge in [-0.1, -0.05) is 19.9 Å². The molecule has 1 rings (SSSR count). The lowest BCUT2D eigenvalue weighted by Crippen LogP contribution is -2.34. The normalized spacial score (nSPS) is 12.3. The number of carbonyl (C=O) groups excluding carboxylic acids is 1. The summed E-state index contributed by atoms with van der Waals surface area (Å²) in [6.45, 7) is 10.9. The van der Waals surface area contributed by atoms with Crippen LogP contribution in [0.15, 0.2) is 18.2 Å². The monoisotopic (exact) mass is 233 g/mol. The van der Waals surface area contributed by atoms with Gasteiger partial charge in [0.2, 0.25) is 5.91 Å². The SMILES string of the molecule is CCC(C)C(=O)N(CC)c1cc(C)cc(C)c1. The van der Waals surface area contributed by atoms with E-state index in [1.807, 2.05) is 18.7 Å². The Hall–Kier alpha value is -1.31. The van der Waals surface area contributed by atoms with E-state index in [2.05, 4.69) is 39.0 Å². The number of nitrogens with zero attached hydrogens (tertiary/aromatic N) is 1. The average molecular weight is 233 g/mol. The zero-order valence-electron chi connectivity index (χ0n) is 11.6. The Balaban J connectivity index is 3.05. The molecule has 17 heavy (non-hydrogen) atoms. The number of hydrogen-bond donors (Lipinski definition) is 0. The predicted molar refractivity (Wildman–Crippen MR) is 73.4 cm³/mol. The molecule has 0 heterocycles. The van der Waals surface area contributed by atoms with Crippen LogP contribution in [0.2, 0.25) is 0 Å². The third-order valence-corrected chi connectivity index (χ3v) is 3.13. The fourth-order valence-corrected chi connectivity index (χ4v) is 2.01. The molecular formula is C15H23NO. The molecule has 0 saturated heterocycles. The fourth-order valence-electron chi connectivity index (χ4n) is 2.01. The molecule has 0 aliphatic carbocycles. The van der Waals surface area contributed by atoms with Crippen LogP contribution < -0.4 is 4.90 Å². The van der Waals surface area contributed by atoms with Gasteiger partial charge in [-0.05, 0) is 50.5 Å². The van der Waals surface area contributed by atoms with E-state index in [1.54, 1.807) is 0 Å². The molecule has 0 spiro atoms. The van der Waals surface area contributed by atoms with Crippen molar-refractivity contribution >= 4 is 11.6 Å². The maximum absolute atomic E-state index is 12.3. The highest BCUT2D eigenvalue weighted by atomic mass is 16.2. The highest BCUT2D eigenvalue weighted by Crippen LogP contribution is 2.21. The Labute approximate surface area is 105 Å². The minimum Gasteiger partial charge on any atom is -0.312 e. The maximum Gasteiger partial charge on any atom is 0.229 e. The van der Waals surface area contributed by atoms with E-state index < -0.39 is 0 Å². The van der Waals surface area contributed by atoms with Crippen LogP contribution in [0.3, 0.4) is 0 Å². The number of hydrogen-bond acceptors (Lipinski definition) is 1. The van der Waals surface area contributed by atoms with Crippen LogP contribution >= 0.6 is 0 Å². The molecule has 1 atom stereocenters. The zero-order chi connectivity index (χ0) is 13.0. The number of carbonyl (C=O) groups is 1. The zero-order valence-corrected chi connectivity index (χ0v) is 11.6. The topological polar surface area (TPSA) is 20.3 Å². The van der Waals surface area contributed by atoms with E-state index in [0.717, 1.165) is 18.7 Å². The highest BCUT2D eigenvalue weighted by molar-refractivity contribution is 5.94. The van der Waals surface area contributed by atoms with Crippen LogP contribution in [-0.2, 0) is 4.79 Å². The van der Waals surface area contributed by atoms with Gasteiger partial charge >= 0.3 is 0 Å². The highest BCUT2D eigenvalue weighted by Gasteiger charge is 2.19. The maximum atomic E-state index is 12.3. The summed E-state index contributed by atoms with van der Waals surface area (Å²) in [6.07, 6.45) is 0.889. The van der Waals surface area contributed by atoms with E-state index in [9.17, 15) is 4.79 Å². The number of rotatable bonds is 4. The van der Waals surface area contributed by atoms with Gasteiger partial charge in [0, 0.05) is 18.2 Å². The van der Waals surface area contributed by atoms with Crippen LogP contribution in [0, 0.1) is 19.8 Å². The molecule has 1 aromatic carbocycles. The molecule has 2 heteroatoms. The average Bonchev–Trinajstić information content (AvgIpc) is 2.27. The van der Waals surface area contributed by atoms with E-state index in [-0.39, 0.29) is 11.8 Å².